The van der Waals surface area contributed by atoms with Crippen molar-refractivity contribution in [3.63, 3.8) is 0 Å². The van der Waals surface area contributed by atoms with Gasteiger partial charge in [-0.2, -0.15) is 0 Å². The van der Waals surface area contributed by atoms with Gasteiger partial charge in [0.1, 0.15) is 0 Å². The molecule has 1 fully saturated rings. The molecule has 1 saturated heterocycles. The molecule has 0 radical (unpaired) electrons. The number of urea groups is 1. The van der Waals surface area contributed by atoms with Gasteiger partial charge in [-0.15, -0.1) is 0 Å². The molecule has 1 N–H and O–H groups in total. The number of nitrogens with zero attached hydrogens (tertiary/aromatic N) is 2. The van der Waals surface area contributed by atoms with E-state index in [1.807, 2.05) is 30.6 Å². The number of unbranched alkanes of at least 4 members (excludes halogenated alkanes) is 2. The third-order valence-electron chi connectivity index (χ3n) is 4.34. The van der Waals surface area contributed by atoms with E-state index in [1.54, 1.807) is 0 Å². The zero-order valence-electron chi connectivity index (χ0n) is 13.8. The van der Waals surface area contributed by atoms with Crippen LogP contribution in [0.25, 0.3) is 0 Å². The fraction of sp³-hybridized carbons (Fsp3) is 0.875. The molecule has 122 valence electrons. The zero-order chi connectivity index (χ0) is 16.0. The maximum atomic E-state index is 12.7. The standard InChI is InChI=1S/C16H30N2O3/c1-5-6-7-9-17(12(2)3)16(21)18-10-8-14(15(19)20)11-13(18)4/h12-14H,5-11H2,1-4H3,(H,19,20). The number of rotatable bonds is 6. The number of carbonyl (C=O) groups is 2. The van der Waals surface area contributed by atoms with Crippen molar-refractivity contribution in [2.45, 2.75) is 71.9 Å². The number of likely N-dealkylation sites (tertiary alicyclic amines) is 1. The van der Waals surface area contributed by atoms with Crippen LogP contribution in [0.4, 0.5) is 4.79 Å². The van der Waals surface area contributed by atoms with Gasteiger partial charge in [0.2, 0.25) is 0 Å². The summed E-state index contributed by atoms with van der Waals surface area (Å²) < 4.78 is 0. The van der Waals surface area contributed by atoms with Gasteiger partial charge in [0.15, 0.2) is 0 Å². The predicted octanol–water partition coefficient (Wildman–Crippen LogP) is 3.19. The van der Waals surface area contributed by atoms with Gasteiger partial charge in [-0.3, -0.25) is 4.79 Å². The second-order valence-electron chi connectivity index (χ2n) is 6.38. The second-order valence-corrected chi connectivity index (χ2v) is 6.38. The number of carbonyl (C=O) groups excluding carboxylic acids is 1. The minimum absolute atomic E-state index is 0.000208. The highest BCUT2D eigenvalue weighted by Gasteiger charge is 2.34. The molecule has 0 aromatic carbocycles. The molecule has 5 nitrogen and oxygen atoms in total. The maximum Gasteiger partial charge on any atom is 0.320 e. The third-order valence-corrected chi connectivity index (χ3v) is 4.34. The molecule has 0 aromatic heterocycles. The fourth-order valence-electron chi connectivity index (χ4n) is 2.95. The van der Waals surface area contributed by atoms with E-state index in [-0.39, 0.29) is 24.0 Å². The Morgan fingerprint density at radius 1 is 1.33 bits per heavy atom. The Morgan fingerprint density at radius 2 is 2.00 bits per heavy atom. The van der Waals surface area contributed by atoms with Crippen LogP contribution in [0, 0.1) is 5.92 Å². The second kappa shape index (κ2) is 8.25. The summed E-state index contributed by atoms with van der Waals surface area (Å²) in [4.78, 5) is 27.6. The topological polar surface area (TPSA) is 60.9 Å². The quantitative estimate of drug-likeness (QED) is 0.766. The first-order chi connectivity index (χ1) is 9.88. The lowest BCUT2D eigenvalue weighted by Crippen LogP contribution is -2.53. The van der Waals surface area contributed by atoms with E-state index < -0.39 is 5.97 Å². The molecule has 0 spiro atoms. The molecule has 2 atom stereocenters. The van der Waals surface area contributed by atoms with Gasteiger partial charge in [-0.1, -0.05) is 19.8 Å². The van der Waals surface area contributed by atoms with Crippen LogP contribution in [0.1, 0.15) is 59.8 Å². The predicted molar refractivity (Wildman–Crippen MR) is 83.3 cm³/mol. The molecule has 2 unspecified atom stereocenters. The number of aliphatic carboxylic acids is 1. The molecule has 2 amide bonds. The van der Waals surface area contributed by atoms with E-state index in [4.69, 9.17) is 5.11 Å². The van der Waals surface area contributed by atoms with E-state index in [1.165, 1.54) is 0 Å². The largest absolute Gasteiger partial charge is 0.481 e. The molecule has 1 heterocycles. The summed E-state index contributed by atoms with van der Waals surface area (Å²) in [5.41, 5.74) is 0. The average Bonchev–Trinajstić information content (AvgIpc) is 2.42. The molecular weight excluding hydrogens is 268 g/mol. The molecular formula is C16H30N2O3. The summed E-state index contributed by atoms with van der Waals surface area (Å²) in [6.07, 6.45) is 4.42. The van der Waals surface area contributed by atoms with Gasteiger partial charge in [0, 0.05) is 25.2 Å². The zero-order valence-corrected chi connectivity index (χ0v) is 13.8. The van der Waals surface area contributed by atoms with Crippen molar-refractivity contribution >= 4 is 12.0 Å². The van der Waals surface area contributed by atoms with Crippen molar-refractivity contribution in [2.75, 3.05) is 13.1 Å². The molecule has 1 aliphatic heterocycles. The Morgan fingerprint density at radius 3 is 2.48 bits per heavy atom. The number of carboxylic acid groups (broad SMARTS) is 1. The Bertz CT molecular complexity index is 357. The van der Waals surface area contributed by atoms with Crippen LogP contribution >= 0.6 is 0 Å². The molecule has 5 heteroatoms. The summed E-state index contributed by atoms with van der Waals surface area (Å²) in [5.74, 6) is -1.05. The van der Waals surface area contributed by atoms with E-state index in [2.05, 4.69) is 6.92 Å². The Balaban J connectivity index is 2.64. The van der Waals surface area contributed by atoms with E-state index in [0.717, 1.165) is 25.8 Å². The lowest BCUT2D eigenvalue weighted by atomic mass is 9.92. The average molecular weight is 298 g/mol. The van der Waals surface area contributed by atoms with Gasteiger partial charge < -0.3 is 14.9 Å². The number of hydrogen-bond donors (Lipinski definition) is 1. The fourth-order valence-corrected chi connectivity index (χ4v) is 2.95. The van der Waals surface area contributed by atoms with Crippen LogP contribution in [0.3, 0.4) is 0 Å². The monoisotopic (exact) mass is 298 g/mol. The lowest BCUT2D eigenvalue weighted by Gasteiger charge is -2.40. The first kappa shape index (κ1) is 17.8. The summed E-state index contributed by atoms with van der Waals surface area (Å²) in [7, 11) is 0. The molecule has 1 rings (SSSR count). The third kappa shape index (κ3) is 4.90. The molecule has 21 heavy (non-hydrogen) atoms. The van der Waals surface area contributed by atoms with Gasteiger partial charge in [0.25, 0.3) is 0 Å². The molecule has 0 aromatic rings. The van der Waals surface area contributed by atoms with E-state index in [0.29, 0.717) is 19.4 Å². The van der Waals surface area contributed by atoms with Crippen LogP contribution in [0.15, 0.2) is 0 Å². The first-order valence-corrected chi connectivity index (χ1v) is 8.18. The smallest absolute Gasteiger partial charge is 0.320 e. The maximum absolute atomic E-state index is 12.7. The lowest BCUT2D eigenvalue weighted by molar-refractivity contribution is -0.143. The van der Waals surface area contributed by atoms with Crippen molar-refractivity contribution in [3.8, 4) is 0 Å². The van der Waals surface area contributed by atoms with Crippen molar-refractivity contribution < 1.29 is 14.7 Å². The number of carboxylic acids is 1. The number of amides is 2. The minimum Gasteiger partial charge on any atom is -0.481 e. The van der Waals surface area contributed by atoms with Crippen LogP contribution < -0.4 is 0 Å². The molecule has 1 aliphatic rings. The minimum atomic E-state index is -0.738. The first-order valence-electron chi connectivity index (χ1n) is 8.18. The van der Waals surface area contributed by atoms with E-state index in [9.17, 15) is 9.59 Å². The summed E-state index contributed by atoms with van der Waals surface area (Å²) >= 11 is 0. The van der Waals surface area contributed by atoms with Crippen molar-refractivity contribution in [1.29, 1.82) is 0 Å². The van der Waals surface area contributed by atoms with E-state index >= 15 is 0 Å². The molecule has 0 aliphatic carbocycles. The van der Waals surface area contributed by atoms with Gasteiger partial charge in [-0.25, -0.2) is 4.79 Å². The van der Waals surface area contributed by atoms with Crippen molar-refractivity contribution in [3.05, 3.63) is 0 Å². The summed E-state index contributed by atoms with van der Waals surface area (Å²) in [6.45, 7) is 9.53. The number of piperidine rings is 1. The Hall–Kier alpha value is -1.26. The Kier molecular flexibility index (Phi) is 6.99. The van der Waals surface area contributed by atoms with Gasteiger partial charge in [-0.05, 0) is 40.0 Å². The highest BCUT2D eigenvalue weighted by atomic mass is 16.4. The summed E-state index contributed by atoms with van der Waals surface area (Å²) in [6, 6.07) is 0.246. The number of hydrogen-bond acceptors (Lipinski definition) is 2. The van der Waals surface area contributed by atoms with Crippen LogP contribution in [0.5, 0.6) is 0 Å². The Labute approximate surface area is 128 Å². The van der Waals surface area contributed by atoms with Gasteiger partial charge >= 0.3 is 12.0 Å². The highest BCUT2D eigenvalue weighted by Crippen LogP contribution is 2.24. The highest BCUT2D eigenvalue weighted by molar-refractivity contribution is 5.76. The van der Waals surface area contributed by atoms with Crippen LogP contribution in [-0.4, -0.2) is 52.1 Å². The van der Waals surface area contributed by atoms with Gasteiger partial charge in [0.05, 0.1) is 5.92 Å². The van der Waals surface area contributed by atoms with Crippen molar-refractivity contribution in [1.82, 2.24) is 9.80 Å². The van der Waals surface area contributed by atoms with Crippen LogP contribution in [-0.2, 0) is 4.79 Å². The SMILES string of the molecule is CCCCCN(C(=O)N1CCC(C(=O)O)CC1C)C(C)C. The summed E-state index contributed by atoms with van der Waals surface area (Å²) in [5, 5.41) is 9.11. The normalized spacial score (nSPS) is 22.4. The molecule has 0 saturated carbocycles. The molecule has 0 bridgehead atoms. The van der Waals surface area contributed by atoms with Crippen molar-refractivity contribution in [2.24, 2.45) is 5.92 Å². The van der Waals surface area contributed by atoms with Crippen LogP contribution in [0.2, 0.25) is 0 Å².